The van der Waals surface area contributed by atoms with Crippen molar-refractivity contribution in [3.63, 3.8) is 0 Å². The molecule has 1 saturated heterocycles. The highest BCUT2D eigenvalue weighted by molar-refractivity contribution is 6.01. The van der Waals surface area contributed by atoms with Crippen molar-refractivity contribution in [1.29, 1.82) is 0 Å². The van der Waals surface area contributed by atoms with E-state index in [1.165, 1.54) is 19.1 Å². The van der Waals surface area contributed by atoms with E-state index >= 15 is 0 Å². The molecular weight excluding hydrogens is 353 g/mol. The third-order valence-corrected chi connectivity index (χ3v) is 3.88. The minimum Gasteiger partial charge on any atom is -0.480 e. The van der Waals surface area contributed by atoms with E-state index in [4.69, 9.17) is 4.74 Å². The van der Waals surface area contributed by atoms with Crippen molar-refractivity contribution < 1.29 is 32.3 Å². The largest absolute Gasteiger partial charge is 0.480 e. The molecule has 6 nitrogen and oxygen atoms in total. The van der Waals surface area contributed by atoms with Crippen molar-refractivity contribution in [1.82, 2.24) is 10.2 Å². The van der Waals surface area contributed by atoms with Gasteiger partial charge in [-0.3, -0.25) is 19.3 Å². The Bertz CT molecular complexity index is 675. The second kappa shape index (κ2) is 8.20. The van der Waals surface area contributed by atoms with Gasteiger partial charge in [-0.2, -0.15) is 13.2 Å². The van der Waals surface area contributed by atoms with Gasteiger partial charge in [-0.15, -0.1) is 0 Å². The SMILES string of the molecule is CC(Oc1ccccc1C(F)(F)F)C(=O)NCCCN1C(=O)CCC1=O. The van der Waals surface area contributed by atoms with Crippen LogP contribution in [0.1, 0.15) is 31.7 Å². The van der Waals surface area contributed by atoms with Crippen LogP contribution in [0.2, 0.25) is 0 Å². The van der Waals surface area contributed by atoms with Crippen LogP contribution in [0.3, 0.4) is 0 Å². The summed E-state index contributed by atoms with van der Waals surface area (Å²) >= 11 is 0. The first-order chi connectivity index (χ1) is 12.2. The summed E-state index contributed by atoms with van der Waals surface area (Å²) in [4.78, 5) is 36.0. The van der Waals surface area contributed by atoms with E-state index in [0.717, 1.165) is 17.0 Å². The number of halogens is 3. The first-order valence-electron chi connectivity index (χ1n) is 8.14. The maximum absolute atomic E-state index is 12.9. The molecule has 2 rings (SSSR count). The fraction of sp³-hybridized carbons (Fsp3) is 0.471. The number of carbonyl (C=O) groups excluding carboxylic acids is 3. The Kier molecular flexibility index (Phi) is 6.23. The Balaban J connectivity index is 1.81. The zero-order chi connectivity index (χ0) is 19.3. The molecule has 1 heterocycles. The predicted molar refractivity (Wildman–Crippen MR) is 85.1 cm³/mol. The maximum Gasteiger partial charge on any atom is 0.419 e. The van der Waals surface area contributed by atoms with Crippen LogP contribution in [0.4, 0.5) is 13.2 Å². The summed E-state index contributed by atoms with van der Waals surface area (Å²) in [5, 5.41) is 2.52. The van der Waals surface area contributed by atoms with Crippen LogP contribution in [-0.2, 0) is 20.6 Å². The standard InChI is InChI=1S/C17H19F3N2O4/c1-11(26-13-6-3-2-5-12(13)17(18,19)20)16(25)21-9-4-10-22-14(23)7-8-15(22)24/h2-3,5-6,11H,4,7-10H2,1H3,(H,21,25). The van der Waals surface area contributed by atoms with Crippen LogP contribution < -0.4 is 10.1 Å². The molecule has 9 heteroatoms. The van der Waals surface area contributed by atoms with Crippen molar-refractivity contribution in [2.24, 2.45) is 0 Å². The number of para-hydroxylation sites is 1. The smallest absolute Gasteiger partial charge is 0.419 e. The Labute approximate surface area is 148 Å². The molecule has 0 saturated carbocycles. The number of hydrogen-bond acceptors (Lipinski definition) is 4. The minimum atomic E-state index is -4.58. The molecule has 1 aliphatic rings. The van der Waals surface area contributed by atoms with E-state index < -0.39 is 29.5 Å². The number of imide groups is 1. The van der Waals surface area contributed by atoms with Gasteiger partial charge in [0.05, 0.1) is 5.56 Å². The molecule has 1 aromatic rings. The fourth-order valence-electron chi connectivity index (χ4n) is 2.51. The summed E-state index contributed by atoms with van der Waals surface area (Å²) in [5.74, 6) is -1.47. The lowest BCUT2D eigenvalue weighted by atomic mass is 10.2. The molecule has 1 aliphatic heterocycles. The molecule has 142 valence electrons. The van der Waals surface area contributed by atoms with Crippen molar-refractivity contribution in [3.05, 3.63) is 29.8 Å². The highest BCUT2D eigenvalue weighted by Gasteiger charge is 2.34. The summed E-state index contributed by atoms with van der Waals surface area (Å²) < 4.78 is 43.9. The van der Waals surface area contributed by atoms with E-state index in [2.05, 4.69) is 5.32 Å². The average Bonchev–Trinajstić information content (AvgIpc) is 2.89. The Hall–Kier alpha value is -2.58. The molecule has 0 aliphatic carbocycles. The lowest BCUT2D eigenvalue weighted by Crippen LogP contribution is -2.38. The van der Waals surface area contributed by atoms with Gasteiger partial charge in [-0.05, 0) is 25.5 Å². The van der Waals surface area contributed by atoms with E-state index in [1.807, 2.05) is 0 Å². The normalized spacial score (nSPS) is 15.9. The van der Waals surface area contributed by atoms with Gasteiger partial charge in [0.2, 0.25) is 11.8 Å². The third kappa shape index (κ3) is 4.96. The lowest BCUT2D eigenvalue weighted by Gasteiger charge is -2.19. The van der Waals surface area contributed by atoms with E-state index in [-0.39, 0.29) is 37.7 Å². The number of ether oxygens (including phenoxy) is 1. The summed E-state index contributed by atoms with van der Waals surface area (Å²) in [6.07, 6.45) is -4.95. The van der Waals surface area contributed by atoms with E-state index in [0.29, 0.717) is 6.42 Å². The molecule has 0 aromatic heterocycles. The number of nitrogens with one attached hydrogen (secondary N) is 1. The first kappa shape index (κ1) is 19.7. The number of amides is 3. The molecule has 1 N–H and O–H groups in total. The van der Waals surface area contributed by atoms with Crippen LogP contribution in [0.15, 0.2) is 24.3 Å². The van der Waals surface area contributed by atoms with Crippen LogP contribution in [0, 0.1) is 0 Å². The molecule has 0 radical (unpaired) electrons. The van der Waals surface area contributed by atoms with Gasteiger partial charge in [0.1, 0.15) is 5.75 Å². The van der Waals surface area contributed by atoms with Crippen molar-refractivity contribution >= 4 is 17.7 Å². The molecule has 0 bridgehead atoms. The topological polar surface area (TPSA) is 75.7 Å². The molecule has 1 aromatic carbocycles. The Morgan fingerprint density at radius 3 is 2.46 bits per heavy atom. The number of nitrogens with zero attached hydrogens (tertiary/aromatic N) is 1. The maximum atomic E-state index is 12.9. The summed E-state index contributed by atoms with van der Waals surface area (Å²) in [6.45, 7) is 1.71. The predicted octanol–water partition coefficient (Wildman–Crippen LogP) is 2.13. The summed E-state index contributed by atoms with van der Waals surface area (Å²) in [6, 6.07) is 4.65. The number of benzene rings is 1. The van der Waals surface area contributed by atoms with Crippen LogP contribution in [0.25, 0.3) is 0 Å². The van der Waals surface area contributed by atoms with E-state index in [1.54, 1.807) is 0 Å². The molecule has 26 heavy (non-hydrogen) atoms. The zero-order valence-electron chi connectivity index (χ0n) is 14.1. The van der Waals surface area contributed by atoms with Gasteiger partial charge in [0.15, 0.2) is 6.10 Å². The molecule has 1 fully saturated rings. The fourth-order valence-corrected chi connectivity index (χ4v) is 2.51. The zero-order valence-corrected chi connectivity index (χ0v) is 14.1. The van der Waals surface area contributed by atoms with Crippen molar-refractivity contribution in [3.8, 4) is 5.75 Å². The first-order valence-corrected chi connectivity index (χ1v) is 8.14. The van der Waals surface area contributed by atoms with Gasteiger partial charge in [-0.1, -0.05) is 12.1 Å². The summed E-state index contributed by atoms with van der Waals surface area (Å²) in [5.41, 5.74) is -0.953. The quantitative estimate of drug-likeness (QED) is 0.588. The number of hydrogen-bond donors (Lipinski definition) is 1. The Morgan fingerprint density at radius 2 is 1.85 bits per heavy atom. The third-order valence-electron chi connectivity index (χ3n) is 3.88. The number of carbonyl (C=O) groups is 3. The minimum absolute atomic E-state index is 0.171. The van der Waals surface area contributed by atoms with Gasteiger partial charge >= 0.3 is 6.18 Å². The molecule has 3 amide bonds. The van der Waals surface area contributed by atoms with Gasteiger partial charge < -0.3 is 10.1 Å². The second-order valence-electron chi connectivity index (χ2n) is 5.84. The van der Waals surface area contributed by atoms with Gasteiger partial charge in [-0.25, -0.2) is 0 Å². The second-order valence-corrected chi connectivity index (χ2v) is 5.84. The summed E-state index contributed by atoms with van der Waals surface area (Å²) in [7, 11) is 0. The molecule has 1 atom stereocenters. The monoisotopic (exact) mass is 372 g/mol. The Morgan fingerprint density at radius 1 is 1.23 bits per heavy atom. The lowest BCUT2D eigenvalue weighted by molar-refractivity contribution is -0.141. The van der Waals surface area contributed by atoms with Crippen LogP contribution in [0.5, 0.6) is 5.75 Å². The molecular formula is C17H19F3N2O4. The van der Waals surface area contributed by atoms with Crippen LogP contribution >= 0.6 is 0 Å². The van der Waals surface area contributed by atoms with Gasteiger partial charge in [0.25, 0.3) is 5.91 Å². The number of rotatable bonds is 7. The number of likely N-dealkylation sites (tertiary alicyclic amines) is 1. The van der Waals surface area contributed by atoms with E-state index in [9.17, 15) is 27.6 Å². The highest BCUT2D eigenvalue weighted by Crippen LogP contribution is 2.36. The molecule has 0 spiro atoms. The van der Waals surface area contributed by atoms with Crippen LogP contribution in [-0.4, -0.2) is 41.8 Å². The van der Waals surface area contributed by atoms with Gasteiger partial charge in [0, 0.05) is 25.9 Å². The highest BCUT2D eigenvalue weighted by atomic mass is 19.4. The molecule has 1 unspecified atom stereocenters. The number of alkyl halides is 3. The average molecular weight is 372 g/mol. The van der Waals surface area contributed by atoms with Crippen molar-refractivity contribution in [2.75, 3.05) is 13.1 Å². The van der Waals surface area contributed by atoms with Crippen molar-refractivity contribution in [2.45, 2.75) is 38.5 Å².